The van der Waals surface area contributed by atoms with Crippen LogP contribution in [0.25, 0.3) is 0 Å². The third-order valence-corrected chi connectivity index (χ3v) is 3.55. The summed E-state index contributed by atoms with van der Waals surface area (Å²) in [7, 11) is 0. The average Bonchev–Trinajstić information content (AvgIpc) is 2.98. The molecular formula is C17H26Cl2N4O. The Bertz CT molecular complexity index is 602. The van der Waals surface area contributed by atoms with Gasteiger partial charge in [0.05, 0.1) is 12.4 Å². The van der Waals surface area contributed by atoms with Crippen molar-refractivity contribution in [3.05, 3.63) is 54.1 Å². The Morgan fingerprint density at radius 3 is 2.50 bits per heavy atom. The number of nitrogens with zero attached hydrogens (tertiary/aromatic N) is 2. The van der Waals surface area contributed by atoms with Gasteiger partial charge in [0.15, 0.2) is 0 Å². The van der Waals surface area contributed by atoms with E-state index in [1.54, 1.807) is 12.5 Å². The minimum absolute atomic E-state index is 0. The number of hydrogen-bond acceptors (Lipinski definition) is 3. The number of rotatable bonds is 7. The summed E-state index contributed by atoms with van der Waals surface area (Å²) in [5.41, 5.74) is 8.17. The molecule has 134 valence electrons. The molecule has 1 aromatic carbocycles. The van der Waals surface area contributed by atoms with E-state index in [0.29, 0.717) is 18.9 Å². The van der Waals surface area contributed by atoms with Crippen LogP contribution in [0.3, 0.4) is 0 Å². The lowest BCUT2D eigenvalue weighted by atomic mass is 10.0. The van der Waals surface area contributed by atoms with Crippen LogP contribution in [0.4, 0.5) is 0 Å². The van der Waals surface area contributed by atoms with Gasteiger partial charge in [-0.05, 0) is 23.5 Å². The van der Waals surface area contributed by atoms with Gasteiger partial charge >= 0.3 is 0 Å². The smallest absolute Gasteiger partial charge is 0.237 e. The summed E-state index contributed by atoms with van der Waals surface area (Å²) in [4.78, 5) is 16.1. The monoisotopic (exact) mass is 372 g/mol. The molecule has 3 N–H and O–H groups in total. The number of imidazole rings is 1. The summed E-state index contributed by atoms with van der Waals surface area (Å²) in [6.45, 7) is 5.36. The first kappa shape index (κ1) is 22.4. The fourth-order valence-electron chi connectivity index (χ4n) is 2.39. The number of nitrogens with one attached hydrogen (secondary N) is 1. The van der Waals surface area contributed by atoms with Crippen LogP contribution in [0.5, 0.6) is 0 Å². The van der Waals surface area contributed by atoms with Crippen molar-refractivity contribution < 1.29 is 4.79 Å². The maximum atomic E-state index is 12.0. The van der Waals surface area contributed by atoms with Gasteiger partial charge in [-0.15, -0.1) is 24.8 Å². The molecule has 0 fully saturated rings. The van der Waals surface area contributed by atoms with Crippen LogP contribution in [0.15, 0.2) is 43.0 Å². The zero-order valence-electron chi connectivity index (χ0n) is 14.0. The second kappa shape index (κ2) is 11.1. The van der Waals surface area contributed by atoms with Gasteiger partial charge in [-0.3, -0.25) is 4.79 Å². The van der Waals surface area contributed by atoms with E-state index in [9.17, 15) is 4.79 Å². The van der Waals surface area contributed by atoms with Gasteiger partial charge in [-0.2, -0.15) is 0 Å². The Morgan fingerprint density at radius 1 is 1.25 bits per heavy atom. The maximum absolute atomic E-state index is 12.0. The van der Waals surface area contributed by atoms with Crippen molar-refractivity contribution >= 4 is 30.7 Å². The van der Waals surface area contributed by atoms with Crippen molar-refractivity contribution in [2.24, 2.45) is 11.7 Å². The first-order chi connectivity index (χ1) is 10.6. The number of benzene rings is 1. The molecule has 0 saturated carbocycles. The summed E-state index contributed by atoms with van der Waals surface area (Å²) < 4.78 is 2.01. The molecule has 7 heteroatoms. The van der Waals surface area contributed by atoms with Crippen molar-refractivity contribution in [1.29, 1.82) is 0 Å². The molecule has 0 bridgehead atoms. The molecular weight excluding hydrogens is 347 g/mol. The molecule has 0 unspecified atom stereocenters. The van der Waals surface area contributed by atoms with Crippen LogP contribution in [-0.4, -0.2) is 21.5 Å². The van der Waals surface area contributed by atoms with Gasteiger partial charge in [-0.25, -0.2) is 4.98 Å². The third kappa shape index (κ3) is 6.91. The van der Waals surface area contributed by atoms with Crippen molar-refractivity contribution in [3.8, 4) is 0 Å². The average molecular weight is 373 g/mol. The van der Waals surface area contributed by atoms with Crippen LogP contribution < -0.4 is 11.1 Å². The molecule has 2 rings (SSSR count). The van der Waals surface area contributed by atoms with Crippen LogP contribution in [-0.2, 0) is 17.9 Å². The highest BCUT2D eigenvalue weighted by Gasteiger charge is 2.14. The van der Waals surface area contributed by atoms with Crippen LogP contribution in [0, 0.1) is 5.92 Å². The molecule has 5 nitrogen and oxygen atoms in total. The predicted molar refractivity (Wildman–Crippen MR) is 102 cm³/mol. The van der Waals surface area contributed by atoms with Gasteiger partial charge in [0.2, 0.25) is 5.91 Å². The summed E-state index contributed by atoms with van der Waals surface area (Å²) in [6, 6.07) is 7.63. The molecule has 0 spiro atoms. The number of amides is 1. The highest BCUT2D eigenvalue weighted by Crippen LogP contribution is 2.11. The summed E-state index contributed by atoms with van der Waals surface area (Å²) in [6.07, 6.45) is 6.17. The van der Waals surface area contributed by atoms with E-state index in [1.807, 2.05) is 29.0 Å². The topological polar surface area (TPSA) is 72.9 Å². The number of hydrogen-bond donors (Lipinski definition) is 2. The zero-order valence-corrected chi connectivity index (χ0v) is 15.6. The highest BCUT2D eigenvalue weighted by atomic mass is 35.5. The van der Waals surface area contributed by atoms with Crippen LogP contribution >= 0.6 is 24.8 Å². The van der Waals surface area contributed by atoms with Gasteiger partial charge in [-0.1, -0.05) is 38.1 Å². The van der Waals surface area contributed by atoms with Crippen LogP contribution in [0.2, 0.25) is 0 Å². The first-order valence-electron chi connectivity index (χ1n) is 7.62. The lowest BCUT2D eigenvalue weighted by Crippen LogP contribution is -2.41. The fraction of sp³-hybridized carbons (Fsp3) is 0.412. The van der Waals surface area contributed by atoms with Crippen molar-refractivity contribution in [3.63, 3.8) is 0 Å². The first-order valence-corrected chi connectivity index (χ1v) is 7.62. The van der Waals surface area contributed by atoms with Gasteiger partial charge in [0, 0.05) is 25.5 Å². The molecule has 0 aliphatic heterocycles. The molecule has 0 aliphatic carbocycles. The third-order valence-electron chi connectivity index (χ3n) is 3.55. The molecule has 1 aromatic heterocycles. The number of carbonyl (C=O) groups excluding carboxylic acids is 1. The molecule has 0 saturated heterocycles. The Hall–Kier alpha value is -1.56. The molecule has 1 heterocycles. The van der Waals surface area contributed by atoms with E-state index in [4.69, 9.17) is 5.73 Å². The van der Waals surface area contributed by atoms with E-state index in [2.05, 4.69) is 30.2 Å². The molecule has 1 atom stereocenters. The predicted octanol–water partition coefficient (Wildman–Crippen LogP) is 2.76. The van der Waals surface area contributed by atoms with E-state index in [-0.39, 0.29) is 30.7 Å². The Kier molecular flexibility index (Phi) is 10.4. The second-order valence-corrected chi connectivity index (χ2v) is 5.96. The van der Waals surface area contributed by atoms with E-state index >= 15 is 0 Å². The normalized spacial score (nSPS) is 11.3. The standard InChI is InChI=1S/C17H24N4O.2ClH/c1-13(2)9-16(18)17(22)20-10-14-5-3-4-6-15(14)11-21-8-7-19-12-21;;/h3-8,12-13,16H,9-11,18H2,1-2H3,(H,20,22);2*1H/t16-;;/m0../s1. The summed E-state index contributed by atoms with van der Waals surface area (Å²) >= 11 is 0. The number of halogens is 2. The van der Waals surface area contributed by atoms with Crippen molar-refractivity contribution in [2.45, 2.75) is 39.4 Å². The Balaban J connectivity index is 0.00000264. The SMILES string of the molecule is CC(C)C[C@H](N)C(=O)NCc1ccccc1Cn1ccnc1.Cl.Cl. The van der Waals surface area contributed by atoms with Gasteiger partial charge < -0.3 is 15.6 Å². The zero-order chi connectivity index (χ0) is 15.9. The number of nitrogens with two attached hydrogens (primary N) is 1. The highest BCUT2D eigenvalue weighted by molar-refractivity contribution is 5.85. The van der Waals surface area contributed by atoms with Crippen molar-refractivity contribution in [2.75, 3.05) is 0 Å². The lowest BCUT2D eigenvalue weighted by molar-refractivity contribution is -0.122. The molecule has 0 aliphatic rings. The molecule has 1 amide bonds. The fourth-order valence-corrected chi connectivity index (χ4v) is 2.39. The van der Waals surface area contributed by atoms with Gasteiger partial charge in [0.1, 0.15) is 0 Å². The number of aromatic nitrogens is 2. The van der Waals surface area contributed by atoms with E-state index in [0.717, 1.165) is 12.1 Å². The van der Waals surface area contributed by atoms with Crippen LogP contribution in [0.1, 0.15) is 31.4 Å². The molecule has 2 aromatic rings. The summed E-state index contributed by atoms with van der Waals surface area (Å²) in [5, 5.41) is 2.94. The Morgan fingerprint density at radius 2 is 1.92 bits per heavy atom. The maximum Gasteiger partial charge on any atom is 0.237 e. The summed E-state index contributed by atoms with van der Waals surface area (Å²) in [5.74, 6) is 0.320. The lowest BCUT2D eigenvalue weighted by Gasteiger charge is -2.15. The number of carbonyl (C=O) groups is 1. The Labute approximate surface area is 155 Å². The van der Waals surface area contributed by atoms with Crippen molar-refractivity contribution in [1.82, 2.24) is 14.9 Å². The quantitative estimate of drug-likeness (QED) is 0.784. The minimum atomic E-state index is -0.444. The van der Waals surface area contributed by atoms with E-state index < -0.39 is 6.04 Å². The second-order valence-electron chi connectivity index (χ2n) is 5.96. The largest absolute Gasteiger partial charge is 0.351 e. The molecule has 24 heavy (non-hydrogen) atoms. The van der Waals surface area contributed by atoms with Gasteiger partial charge in [0.25, 0.3) is 0 Å². The van der Waals surface area contributed by atoms with E-state index in [1.165, 1.54) is 5.56 Å². The minimum Gasteiger partial charge on any atom is -0.351 e. The molecule has 0 radical (unpaired) electrons.